The molecule has 2 heterocycles. The van der Waals surface area contributed by atoms with Gasteiger partial charge in [0.15, 0.2) is 6.61 Å². The molecule has 0 bridgehead atoms. The number of carbonyl (C=O) groups is 1. The first kappa shape index (κ1) is 17.9. The smallest absolute Gasteiger partial charge is 0.258 e. The number of carbonyl (C=O) groups excluding carboxylic acids is 1. The molecule has 0 saturated carbocycles. The summed E-state index contributed by atoms with van der Waals surface area (Å²) in [6, 6.07) is 8.26. The zero-order valence-electron chi connectivity index (χ0n) is 15.6. The number of ether oxygens (including phenoxy) is 1. The first-order chi connectivity index (χ1) is 13.2. The summed E-state index contributed by atoms with van der Waals surface area (Å²) in [4.78, 5) is 23.3. The van der Waals surface area contributed by atoms with E-state index in [9.17, 15) is 4.79 Å². The van der Waals surface area contributed by atoms with Crippen LogP contribution in [0.15, 0.2) is 30.6 Å². The maximum Gasteiger partial charge on any atom is 0.258 e. The van der Waals surface area contributed by atoms with Crippen LogP contribution in [0, 0.1) is 0 Å². The molecule has 0 radical (unpaired) electrons. The van der Waals surface area contributed by atoms with Gasteiger partial charge in [0.1, 0.15) is 11.2 Å². The fraction of sp³-hybridized carbons (Fsp3) is 0.381. The third-order valence-electron chi connectivity index (χ3n) is 5.07. The molecular formula is C21H23N3O2S. The van der Waals surface area contributed by atoms with Gasteiger partial charge in [-0.05, 0) is 49.3 Å². The van der Waals surface area contributed by atoms with E-state index in [4.69, 9.17) is 4.74 Å². The normalized spacial score (nSPS) is 14.1. The highest BCUT2D eigenvalue weighted by Gasteiger charge is 2.22. The van der Waals surface area contributed by atoms with Crippen LogP contribution in [-0.4, -0.2) is 22.5 Å². The SMILES string of the molecule is CCc1ccc(C(C)NC(=O)COc2ncnc3sc4c(c23)CCC4)cc1. The van der Waals surface area contributed by atoms with Gasteiger partial charge in [-0.2, -0.15) is 0 Å². The number of hydrogen-bond acceptors (Lipinski definition) is 5. The van der Waals surface area contributed by atoms with Crippen LogP contribution in [0.2, 0.25) is 0 Å². The zero-order chi connectivity index (χ0) is 18.8. The van der Waals surface area contributed by atoms with Crippen LogP contribution < -0.4 is 10.1 Å². The van der Waals surface area contributed by atoms with Gasteiger partial charge in [0, 0.05) is 4.88 Å². The molecule has 2 aromatic heterocycles. The lowest BCUT2D eigenvalue weighted by atomic mass is 10.1. The van der Waals surface area contributed by atoms with Crippen LogP contribution in [0.5, 0.6) is 5.88 Å². The molecule has 1 unspecified atom stereocenters. The summed E-state index contributed by atoms with van der Waals surface area (Å²) in [6.07, 6.45) is 5.83. The molecule has 0 fully saturated rings. The van der Waals surface area contributed by atoms with Crippen LogP contribution >= 0.6 is 11.3 Å². The number of nitrogens with zero attached hydrogens (tertiary/aromatic N) is 2. The topological polar surface area (TPSA) is 64.1 Å². The number of aryl methyl sites for hydroxylation is 3. The summed E-state index contributed by atoms with van der Waals surface area (Å²) >= 11 is 1.71. The van der Waals surface area contributed by atoms with Gasteiger partial charge in [-0.25, -0.2) is 9.97 Å². The summed E-state index contributed by atoms with van der Waals surface area (Å²) < 4.78 is 5.78. The number of thiophene rings is 1. The Morgan fingerprint density at radius 2 is 2.07 bits per heavy atom. The minimum atomic E-state index is -0.152. The van der Waals surface area contributed by atoms with E-state index in [1.54, 1.807) is 11.3 Å². The average Bonchev–Trinajstić information content (AvgIpc) is 3.27. The van der Waals surface area contributed by atoms with E-state index in [0.717, 1.165) is 35.0 Å². The molecule has 6 heteroatoms. The predicted molar refractivity (Wildman–Crippen MR) is 107 cm³/mol. The molecule has 0 saturated heterocycles. The van der Waals surface area contributed by atoms with Crippen molar-refractivity contribution < 1.29 is 9.53 Å². The van der Waals surface area contributed by atoms with Crippen molar-refractivity contribution in [3.05, 3.63) is 52.2 Å². The van der Waals surface area contributed by atoms with Gasteiger partial charge in [-0.15, -0.1) is 11.3 Å². The number of aromatic nitrogens is 2. The van der Waals surface area contributed by atoms with Gasteiger partial charge in [0.25, 0.3) is 5.91 Å². The Balaban J connectivity index is 1.41. The van der Waals surface area contributed by atoms with Crippen molar-refractivity contribution in [3.63, 3.8) is 0 Å². The number of amides is 1. The van der Waals surface area contributed by atoms with Crippen LogP contribution in [0.3, 0.4) is 0 Å². The Kier molecular flexibility index (Phi) is 5.07. The second-order valence-electron chi connectivity index (χ2n) is 6.89. The Bertz CT molecular complexity index is 965. The van der Waals surface area contributed by atoms with Gasteiger partial charge in [-0.3, -0.25) is 4.79 Å². The van der Waals surface area contributed by atoms with Crippen LogP contribution in [-0.2, 0) is 24.1 Å². The maximum absolute atomic E-state index is 12.4. The van der Waals surface area contributed by atoms with E-state index < -0.39 is 0 Å². The second kappa shape index (κ2) is 7.64. The molecule has 0 spiro atoms. The molecule has 5 nitrogen and oxygen atoms in total. The fourth-order valence-corrected chi connectivity index (χ4v) is 4.77. The van der Waals surface area contributed by atoms with E-state index in [0.29, 0.717) is 5.88 Å². The Morgan fingerprint density at radius 3 is 2.85 bits per heavy atom. The molecule has 1 aromatic carbocycles. The summed E-state index contributed by atoms with van der Waals surface area (Å²) in [5, 5.41) is 3.99. The molecular weight excluding hydrogens is 358 g/mol. The van der Waals surface area contributed by atoms with Gasteiger partial charge in [-0.1, -0.05) is 31.2 Å². The van der Waals surface area contributed by atoms with Gasteiger partial charge in [0.05, 0.1) is 11.4 Å². The fourth-order valence-electron chi connectivity index (χ4n) is 3.55. The highest BCUT2D eigenvalue weighted by molar-refractivity contribution is 7.18. The van der Waals surface area contributed by atoms with E-state index in [1.165, 1.54) is 28.8 Å². The first-order valence-corrected chi connectivity index (χ1v) is 10.2. The van der Waals surface area contributed by atoms with Crippen LogP contribution in [0.1, 0.15) is 47.9 Å². The van der Waals surface area contributed by atoms with Gasteiger partial charge < -0.3 is 10.1 Å². The van der Waals surface area contributed by atoms with Gasteiger partial charge >= 0.3 is 0 Å². The van der Waals surface area contributed by atoms with Crippen molar-refractivity contribution in [1.82, 2.24) is 15.3 Å². The molecule has 1 N–H and O–H groups in total. The summed E-state index contributed by atoms with van der Waals surface area (Å²) in [6.45, 7) is 4.06. The molecule has 1 atom stereocenters. The second-order valence-corrected chi connectivity index (χ2v) is 7.97. The minimum Gasteiger partial charge on any atom is -0.467 e. The monoisotopic (exact) mass is 381 g/mol. The van der Waals surface area contributed by atoms with E-state index in [2.05, 4.69) is 46.5 Å². The standard InChI is InChI=1S/C21H23N3O2S/c1-3-14-7-9-15(10-8-14)13(2)24-18(25)11-26-20-19-16-5-4-6-17(16)27-21(19)23-12-22-20/h7-10,12-13H,3-6,11H2,1-2H3,(H,24,25). The van der Waals surface area contributed by atoms with Crippen molar-refractivity contribution in [2.45, 2.75) is 45.6 Å². The summed E-state index contributed by atoms with van der Waals surface area (Å²) in [5.74, 6) is 0.371. The summed E-state index contributed by atoms with van der Waals surface area (Å²) in [7, 11) is 0. The largest absolute Gasteiger partial charge is 0.467 e. The molecule has 140 valence electrons. The van der Waals surface area contributed by atoms with E-state index in [1.807, 2.05) is 6.92 Å². The highest BCUT2D eigenvalue weighted by atomic mass is 32.1. The lowest BCUT2D eigenvalue weighted by Crippen LogP contribution is -2.31. The molecule has 4 rings (SSSR count). The average molecular weight is 382 g/mol. The molecule has 1 aliphatic carbocycles. The molecule has 27 heavy (non-hydrogen) atoms. The van der Waals surface area contributed by atoms with E-state index >= 15 is 0 Å². The Hall–Kier alpha value is -2.47. The number of rotatable bonds is 6. The first-order valence-electron chi connectivity index (χ1n) is 9.42. The Morgan fingerprint density at radius 1 is 1.26 bits per heavy atom. The molecule has 3 aromatic rings. The van der Waals surface area contributed by atoms with E-state index in [-0.39, 0.29) is 18.6 Å². The third kappa shape index (κ3) is 3.67. The predicted octanol–water partition coefficient (Wildman–Crippen LogP) is 4.00. The lowest BCUT2D eigenvalue weighted by Gasteiger charge is -2.15. The number of nitrogens with one attached hydrogen (secondary N) is 1. The van der Waals surface area contributed by atoms with Gasteiger partial charge in [0.2, 0.25) is 5.88 Å². The third-order valence-corrected chi connectivity index (χ3v) is 6.27. The summed E-state index contributed by atoms with van der Waals surface area (Å²) in [5.41, 5.74) is 3.67. The van der Waals surface area contributed by atoms with Crippen LogP contribution in [0.4, 0.5) is 0 Å². The van der Waals surface area contributed by atoms with Crippen molar-refractivity contribution in [3.8, 4) is 5.88 Å². The molecule has 1 aliphatic rings. The van der Waals surface area contributed by atoms with Crippen molar-refractivity contribution in [2.75, 3.05) is 6.61 Å². The lowest BCUT2D eigenvalue weighted by molar-refractivity contribution is -0.123. The number of hydrogen-bond donors (Lipinski definition) is 1. The molecule has 0 aliphatic heterocycles. The maximum atomic E-state index is 12.4. The van der Waals surface area contributed by atoms with Crippen molar-refractivity contribution >= 4 is 27.5 Å². The number of fused-ring (bicyclic) bond motifs is 3. The van der Waals surface area contributed by atoms with Crippen molar-refractivity contribution in [1.29, 1.82) is 0 Å². The molecule has 1 amide bonds. The van der Waals surface area contributed by atoms with Crippen molar-refractivity contribution in [2.24, 2.45) is 0 Å². The van der Waals surface area contributed by atoms with Crippen LogP contribution in [0.25, 0.3) is 10.2 Å². The zero-order valence-corrected chi connectivity index (χ0v) is 16.4. The minimum absolute atomic E-state index is 0.0475. The quantitative estimate of drug-likeness (QED) is 0.701. The number of benzene rings is 1. The highest BCUT2D eigenvalue weighted by Crippen LogP contribution is 2.39. The Labute approximate surface area is 162 Å².